The van der Waals surface area contributed by atoms with Gasteiger partial charge < -0.3 is 14.7 Å². The molecule has 2 unspecified atom stereocenters. The first-order valence-electron chi connectivity index (χ1n) is 4.47. The van der Waals surface area contributed by atoms with Crippen molar-refractivity contribution in [1.82, 2.24) is 0 Å². The minimum Gasteiger partial charge on any atom is -0.478 e. The highest BCUT2D eigenvalue weighted by Crippen LogP contribution is 2.26. The summed E-state index contributed by atoms with van der Waals surface area (Å²) < 4.78 is 4.96. The third-order valence-electron chi connectivity index (χ3n) is 2.32. The van der Waals surface area contributed by atoms with Crippen LogP contribution in [0, 0.1) is 5.92 Å². The van der Waals surface area contributed by atoms with Crippen molar-refractivity contribution in [3.05, 3.63) is 0 Å². The number of nitrogens with zero attached hydrogens (tertiary/aromatic N) is 1. The third-order valence-corrected chi connectivity index (χ3v) is 2.32. The molecular formula is C9H15NO4. The number of carboxylic acids is 1. The van der Waals surface area contributed by atoms with E-state index < -0.39 is 11.6 Å². The lowest BCUT2D eigenvalue weighted by Crippen LogP contribution is -2.36. The summed E-state index contributed by atoms with van der Waals surface area (Å²) >= 11 is 0. The van der Waals surface area contributed by atoms with E-state index in [4.69, 9.17) is 14.7 Å². The smallest absolute Gasteiger partial charge is 0.351 e. The van der Waals surface area contributed by atoms with Crippen LogP contribution in [-0.4, -0.2) is 36.1 Å². The summed E-state index contributed by atoms with van der Waals surface area (Å²) in [6.07, 6.45) is 0.326. The third kappa shape index (κ3) is 2.04. The highest BCUT2D eigenvalue weighted by molar-refractivity contribution is 5.94. The predicted molar refractivity (Wildman–Crippen MR) is 50.2 cm³/mol. The second-order valence-corrected chi connectivity index (χ2v) is 3.74. The number of hydrogen-bond donors (Lipinski definition) is 1. The average molecular weight is 201 g/mol. The fourth-order valence-electron chi connectivity index (χ4n) is 1.29. The molecule has 0 aliphatic carbocycles. The summed E-state index contributed by atoms with van der Waals surface area (Å²) in [6.45, 7) is 3.97. The maximum atomic E-state index is 10.8. The van der Waals surface area contributed by atoms with Gasteiger partial charge in [0.25, 0.3) is 0 Å². The van der Waals surface area contributed by atoms with E-state index in [9.17, 15) is 4.79 Å². The van der Waals surface area contributed by atoms with Crippen molar-refractivity contribution in [2.45, 2.75) is 25.9 Å². The first kappa shape index (κ1) is 11.0. The molecule has 0 spiro atoms. The van der Waals surface area contributed by atoms with Crippen LogP contribution in [0.2, 0.25) is 0 Å². The van der Waals surface area contributed by atoms with Crippen LogP contribution in [0.3, 0.4) is 0 Å². The predicted octanol–water partition coefficient (Wildman–Crippen LogP) is 0.889. The minimum absolute atomic E-state index is 0.0983. The maximum Gasteiger partial charge on any atom is 0.351 e. The Bertz CT molecular complexity index is 264. The lowest BCUT2D eigenvalue weighted by atomic mass is 9.94. The standard InChI is InChI=1S/C9H15NO4/c1-6(5-13-3)7-4-9(2,8(11)12)14-10-7/h6H,4-5H2,1-3H3,(H,11,12). The fourth-order valence-corrected chi connectivity index (χ4v) is 1.29. The van der Waals surface area contributed by atoms with Gasteiger partial charge in [-0.1, -0.05) is 12.1 Å². The molecule has 80 valence electrons. The van der Waals surface area contributed by atoms with Crippen LogP contribution in [-0.2, 0) is 14.4 Å². The van der Waals surface area contributed by atoms with Gasteiger partial charge in [-0.3, -0.25) is 0 Å². The molecule has 14 heavy (non-hydrogen) atoms. The van der Waals surface area contributed by atoms with Crippen molar-refractivity contribution in [2.75, 3.05) is 13.7 Å². The second-order valence-electron chi connectivity index (χ2n) is 3.74. The molecule has 5 nitrogen and oxygen atoms in total. The molecule has 0 aromatic rings. The largest absolute Gasteiger partial charge is 0.478 e. The molecule has 0 bridgehead atoms. The van der Waals surface area contributed by atoms with Gasteiger partial charge in [0.1, 0.15) is 0 Å². The van der Waals surface area contributed by atoms with Crippen LogP contribution in [0.15, 0.2) is 5.16 Å². The minimum atomic E-state index is -1.20. The normalized spacial score (nSPS) is 28.1. The van der Waals surface area contributed by atoms with Gasteiger partial charge in [0.05, 0.1) is 12.3 Å². The number of carboxylic acid groups (broad SMARTS) is 1. The zero-order valence-electron chi connectivity index (χ0n) is 8.61. The number of hydrogen-bond acceptors (Lipinski definition) is 4. The topological polar surface area (TPSA) is 68.1 Å². The van der Waals surface area contributed by atoms with Crippen LogP contribution in [0.4, 0.5) is 0 Å². The first-order valence-corrected chi connectivity index (χ1v) is 4.47. The Kier molecular flexibility index (Phi) is 3.10. The van der Waals surface area contributed by atoms with Crippen molar-refractivity contribution in [2.24, 2.45) is 11.1 Å². The quantitative estimate of drug-likeness (QED) is 0.733. The highest BCUT2D eigenvalue weighted by atomic mass is 16.7. The lowest BCUT2D eigenvalue weighted by Gasteiger charge is -2.15. The summed E-state index contributed by atoms with van der Waals surface area (Å²) in [4.78, 5) is 15.7. The number of oxime groups is 1. The molecular weight excluding hydrogens is 186 g/mol. The molecule has 0 radical (unpaired) electrons. The number of methoxy groups -OCH3 is 1. The van der Waals surface area contributed by atoms with Crippen molar-refractivity contribution in [3.8, 4) is 0 Å². The molecule has 0 saturated heterocycles. The van der Waals surface area contributed by atoms with Crippen LogP contribution < -0.4 is 0 Å². The monoisotopic (exact) mass is 201 g/mol. The van der Waals surface area contributed by atoms with Gasteiger partial charge >= 0.3 is 5.97 Å². The Balaban J connectivity index is 2.59. The van der Waals surface area contributed by atoms with Crippen LogP contribution in [0.1, 0.15) is 20.3 Å². The molecule has 1 rings (SSSR count). The summed E-state index contributed by atoms with van der Waals surface area (Å²) in [6, 6.07) is 0. The van der Waals surface area contributed by atoms with E-state index in [0.717, 1.165) is 5.71 Å². The Morgan fingerprint density at radius 3 is 2.93 bits per heavy atom. The van der Waals surface area contributed by atoms with Crippen LogP contribution >= 0.6 is 0 Å². The van der Waals surface area contributed by atoms with E-state index in [1.165, 1.54) is 6.92 Å². The number of rotatable bonds is 4. The number of aliphatic carboxylic acids is 1. The molecule has 0 fully saturated rings. The van der Waals surface area contributed by atoms with Gasteiger partial charge in [0.15, 0.2) is 0 Å². The van der Waals surface area contributed by atoms with Crippen molar-refractivity contribution in [3.63, 3.8) is 0 Å². The molecule has 2 atom stereocenters. The molecule has 0 saturated carbocycles. The fraction of sp³-hybridized carbons (Fsp3) is 0.778. The van der Waals surface area contributed by atoms with Gasteiger partial charge in [-0.05, 0) is 6.92 Å². The number of ether oxygens (including phenoxy) is 1. The molecule has 1 aliphatic rings. The second kappa shape index (κ2) is 3.96. The Labute approximate surface area is 82.7 Å². The van der Waals surface area contributed by atoms with E-state index in [-0.39, 0.29) is 5.92 Å². The van der Waals surface area contributed by atoms with Gasteiger partial charge in [0.2, 0.25) is 5.60 Å². The van der Waals surface area contributed by atoms with E-state index in [1.807, 2.05) is 6.92 Å². The SMILES string of the molecule is COCC(C)C1=NOC(C)(C(=O)O)C1. The summed E-state index contributed by atoms with van der Waals surface area (Å²) in [5.74, 6) is -0.887. The Hall–Kier alpha value is -1.10. The van der Waals surface area contributed by atoms with E-state index in [1.54, 1.807) is 7.11 Å². The average Bonchev–Trinajstić information content (AvgIpc) is 2.50. The first-order chi connectivity index (χ1) is 6.49. The molecule has 5 heteroatoms. The Morgan fingerprint density at radius 1 is 1.86 bits per heavy atom. The molecule has 0 aromatic carbocycles. The van der Waals surface area contributed by atoms with Crippen molar-refractivity contribution < 1.29 is 19.5 Å². The van der Waals surface area contributed by atoms with E-state index in [0.29, 0.717) is 13.0 Å². The Morgan fingerprint density at radius 2 is 2.50 bits per heavy atom. The van der Waals surface area contributed by atoms with Crippen molar-refractivity contribution in [1.29, 1.82) is 0 Å². The summed E-state index contributed by atoms with van der Waals surface area (Å²) in [7, 11) is 1.60. The van der Waals surface area contributed by atoms with Gasteiger partial charge in [0, 0.05) is 19.4 Å². The zero-order valence-corrected chi connectivity index (χ0v) is 8.61. The lowest BCUT2D eigenvalue weighted by molar-refractivity contribution is -0.160. The van der Waals surface area contributed by atoms with E-state index >= 15 is 0 Å². The van der Waals surface area contributed by atoms with Gasteiger partial charge in [-0.15, -0.1) is 0 Å². The summed E-state index contributed by atoms with van der Waals surface area (Å²) in [5.41, 5.74) is -0.450. The van der Waals surface area contributed by atoms with Gasteiger partial charge in [-0.2, -0.15) is 0 Å². The molecule has 0 amide bonds. The number of carbonyl (C=O) groups is 1. The van der Waals surface area contributed by atoms with Gasteiger partial charge in [-0.25, -0.2) is 4.79 Å². The zero-order chi connectivity index (χ0) is 10.8. The van der Waals surface area contributed by atoms with Crippen LogP contribution in [0.5, 0.6) is 0 Å². The highest BCUT2D eigenvalue weighted by Gasteiger charge is 2.43. The molecule has 1 heterocycles. The molecule has 0 aromatic heterocycles. The van der Waals surface area contributed by atoms with E-state index in [2.05, 4.69) is 5.16 Å². The molecule has 1 aliphatic heterocycles. The molecule has 1 N–H and O–H groups in total. The maximum absolute atomic E-state index is 10.8. The summed E-state index contributed by atoms with van der Waals surface area (Å²) in [5, 5.41) is 12.7. The van der Waals surface area contributed by atoms with Crippen LogP contribution in [0.25, 0.3) is 0 Å². The van der Waals surface area contributed by atoms with Crippen molar-refractivity contribution >= 4 is 11.7 Å².